The summed E-state index contributed by atoms with van der Waals surface area (Å²) in [6, 6.07) is 17.6. The van der Waals surface area contributed by atoms with Crippen LogP contribution in [-0.4, -0.2) is 13.0 Å². The van der Waals surface area contributed by atoms with Crippen LogP contribution in [0.5, 0.6) is 11.5 Å². The van der Waals surface area contributed by atoms with E-state index in [1.807, 2.05) is 31.2 Å². The highest BCUT2D eigenvalue weighted by atomic mass is 19.4. The zero-order chi connectivity index (χ0) is 23.1. The number of alkyl halides is 3. The Morgan fingerprint density at radius 2 is 1.78 bits per heavy atom. The van der Waals surface area contributed by atoms with Gasteiger partial charge in [-0.05, 0) is 60.0 Å². The van der Waals surface area contributed by atoms with Crippen LogP contribution in [0.25, 0.3) is 6.08 Å². The Labute approximate surface area is 184 Å². The maximum atomic E-state index is 12.8. The molecule has 0 radical (unpaired) electrons. The Kier molecular flexibility index (Phi) is 7.20. The number of aryl methyl sites for hydroxylation is 1. The van der Waals surface area contributed by atoms with Crippen LogP contribution < -0.4 is 14.8 Å². The maximum Gasteiger partial charge on any atom is 0.416 e. The lowest BCUT2D eigenvalue weighted by atomic mass is 10.1. The number of hydrogen-bond donors (Lipinski definition) is 1. The topological polar surface area (TPSA) is 47.6 Å². The molecule has 1 N–H and O–H groups in total. The highest BCUT2D eigenvalue weighted by Gasteiger charge is 2.30. The largest absolute Gasteiger partial charge is 0.493 e. The summed E-state index contributed by atoms with van der Waals surface area (Å²) in [4.78, 5) is 12.1. The van der Waals surface area contributed by atoms with Crippen molar-refractivity contribution in [2.45, 2.75) is 19.7 Å². The van der Waals surface area contributed by atoms with Crippen LogP contribution in [0, 0.1) is 6.92 Å². The first-order valence-corrected chi connectivity index (χ1v) is 9.78. The molecule has 0 unspecified atom stereocenters. The number of hydrogen-bond acceptors (Lipinski definition) is 3. The van der Waals surface area contributed by atoms with Crippen LogP contribution in [0.15, 0.2) is 72.8 Å². The predicted molar refractivity (Wildman–Crippen MR) is 118 cm³/mol. The summed E-state index contributed by atoms with van der Waals surface area (Å²) in [5.74, 6) is 0.503. The van der Waals surface area contributed by atoms with Gasteiger partial charge in [-0.25, -0.2) is 0 Å². The van der Waals surface area contributed by atoms with E-state index in [9.17, 15) is 18.0 Å². The monoisotopic (exact) mass is 441 g/mol. The number of anilines is 1. The number of ether oxygens (including phenoxy) is 2. The second-order valence-corrected chi connectivity index (χ2v) is 7.03. The van der Waals surface area contributed by atoms with Crippen molar-refractivity contribution in [3.63, 3.8) is 0 Å². The van der Waals surface area contributed by atoms with Gasteiger partial charge in [-0.3, -0.25) is 4.79 Å². The number of rotatable bonds is 7. The van der Waals surface area contributed by atoms with E-state index in [0.717, 1.165) is 23.3 Å². The van der Waals surface area contributed by atoms with Gasteiger partial charge >= 0.3 is 6.18 Å². The number of nitrogens with one attached hydrogen (secondary N) is 1. The molecule has 166 valence electrons. The SMILES string of the molecule is COc1cc(C=CC(=O)Nc2cccc(C(F)(F)F)c2)ccc1OCc1ccccc1C. The third-order valence-electron chi connectivity index (χ3n) is 4.72. The lowest BCUT2D eigenvalue weighted by Gasteiger charge is -2.12. The highest BCUT2D eigenvalue weighted by molar-refractivity contribution is 6.02. The third kappa shape index (κ3) is 6.14. The molecule has 0 fully saturated rings. The lowest BCUT2D eigenvalue weighted by Crippen LogP contribution is -2.10. The number of carbonyl (C=O) groups is 1. The van der Waals surface area contributed by atoms with E-state index >= 15 is 0 Å². The first-order chi connectivity index (χ1) is 15.3. The van der Waals surface area contributed by atoms with E-state index in [0.29, 0.717) is 23.7 Å². The molecule has 0 saturated carbocycles. The van der Waals surface area contributed by atoms with Gasteiger partial charge in [-0.15, -0.1) is 0 Å². The second-order valence-electron chi connectivity index (χ2n) is 7.03. The molecule has 32 heavy (non-hydrogen) atoms. The number of amides is 1. The molecule has 0 aliphatic heterocycles. The van der Waals surface area contributed by atoms with E-state index in [1.54, 1.807) is 18.2 Å². The van der Waals surface area contributed by atoms with Crippen molar-refractivity contribution in [3.05, 3.63) is 95.1 Å². The van der Waals surface area contributed by atoms with Crippen molar-refractivity contribution in [1.82, 2.24) is 0 Å². The quantitative estimate of drug-likeness (QED) is 0.441. The van der Waals surface area contributed by atoms with Crippen LogP contribution in [0.3, 0.4) is 0 Å². The Bertz CT molecular complexity index is 1120. The Morgan fingerprint density at radius 3 is 2.50 bits per heavy atom. The van der Waals surface area contributed by atoms with Crippen molar-refractivity contribution in [3.8, 4) is 11.5 Å². The van der Waals surface area contributed by atoms with Gasteiger partial charge in [0, 0.05) is 11.8 Å². The minimum absolute atomic E-state index is 0.0620. The van der Waals surface area contributed by atoms with Gasteiger partial charge in [0.15, 0.2) is 11.5 Å². The molecular formula is C25H22F3NO3. The van der Waals surface area contributed by atoms with Gasteiger partial charge in [0.25, 0.3) is 0 Å². The fourth-order valence-corrected chi connectivity index (χ4v) is 2.96. The number of methoxy groups -OCH3 is 1. The zero-order valence-electron chi connectivity index (χ0n) is 17.6. The molecule has 7 heteroatoms. The molecule has 0 aliphatic carbocycles. The Balaban J connectivity index is 1.65. The molecule has 3 aromatic carbocycles. The molecule has 0 heterocycles. The van der Waals surface area contributed by atoms with Crippen LogP contribution in [0.2, 0.25) is 0 Å². The molecule has 0 aromatic heterocycles. The van der Waals surface area contributed by atoms with Crippen molar-refractivity contribution >= 4 is 17.7 Å². The van der Waals surface area contributed by atoms with Crippen LogP contribution in [0.4, 0.5) is 18.9 Å². The molecule has 0 atom stereocenters. The van der Waals surface area contributed by atoms with Crippen LogP contribution in [-0.2, 0) is 17.6 Å². The summed E-state index contributed by atoms with van der Waals surface area (Å²) in [7, 11) is 1.52. The van der Waals surface area contributed by atoms with Gasteiger partial charge in [-0.2, -0.15) is 13.2 Å². The van der Waals surface area contributed by atoms with Crippen molar-refractivity contribution in [2.24, 2.45) is 0 Å². The molecule has 1 amide bonds. The number of halogens is 3. The maximum absolute atomic E-state index is 12.8. The highest BCUT2D eigenvalue weighted by Crippen LogP contribution is 2.31. The minimum atomic E-state index is -4.48. The first kappa shape index (κ1) is 22.9. The summed E-state index contributed by atoms with van der Waals surface area (Å²) in [6.07, 6.45) is -1.70. The van der Waals surface area contributed by atoms with Gasteiger partial charge in [0.2, 0.25) is 5.91 Å². The van der Waals surface area contributed by atoms with E-state index in [-0.39, 0.29) is 5.69 Å². The third-order valence-corrected chi connectivity index (χ3v) is 4.72. The van der Waals surface area contributed by atoms with Gasteiger partial charge in [0.05, 0.1) is 12.7 Å². The molecule has 0 spiro atoms. The van der Waals surface area contributed by atoms with Gasteiger partial charge < -0.3 is 14.8 Å². The lowest BCUT2D eigenvalue weighted by molar-refractivity contribution is -0.137. The van der Waals surface area contributed by atoms with E-state index in [4.69, 9.17) is 9.47 Å². The Hall–Kier alpha value is -3.74. The molecule has 4 nitrogen and oxygen atoms in total. The average Bonchev–Trinajstić information content (AvgIpc) is 2.77. The van der Waals surface area contributed by atoms with Crippen molar-refractivity contribution in [1.29, 1.82) is 0 Å². The Morgan fingerprint density at radius 1 is 1.00 bits per heavy atom. The molecule has 3 aromatic rings. The summed E-state index contributed by atoms with van der Waals surface area (Å²) in [5.41, 5.74) is 2.09. The molecule has 0 aliphatic rings. The van der Waals surface area contributed by atoms with Crippen molar-refractivity contribution in [2.75, 3.05) is 12.4 Å². The number of benzene rings is 3. The van der Waals surface area contributed by atoms with Crippen LogP contribution >= 0.6 is 0 Å². The first-order valence-electron chi connectivity index (χ1n) is 9.78. The fourth-order valence-electron chi connectivity index (χ4n) is 2.96. The van der Waals surface area contributed by atoms with E-state index in [1.165, 1.54) is 31.4 Å². The normalized spacial score (nSPS) is 11.4. The molecule has 0 saturated heterocycles. The van der Waals surface area contributed by atoms with Gasteiger partial charge in [0.1, 0.15) is 6.61 Å². The molecule has 0 bridgehead atoms. The smallest absolute Gasteiger partial charge is 0.416 e. The van der Waals surface area contributed by atoms with E-state index < -0.39 is 17.6 Å². The molecule has 3 rings (SSSR count). The average molecular weight is 441 g/mol. The summed E-state index contributed by atoms with van der Waals surface area (Å²) in [6.45, 7) is 2.39. The predicted octanol–water partition coefficient (Wildman–Crippen LogP) is 6.25. The second kappa shape index (κ2) is 10.0. The molecular weight excluding hydrogens is 419 g/mol. The van der Waals surface area contributed by atoms with Gasteiger partial charge in [-0.1, -0.05) is 36.4 Å². The standard InChI is InChI=1S/C25H22F3NO3/c1-17-6-3-4-7-19(17)16-32-22-12-10-18(14-23(22)31-2)11-13-24(30)29-21-9-5-8-20(15-21)25(26,27)28/h3-15H,16H2,1-2H3,(H,29,30). The van der Waals surface area contributed by atoms with Crippen LogP contribution in [0.1, 0.15) is 22.3 Å². The summed E-state index contributed by atoms with van der Waals surface area (Å²) in [5, 5.41) is 2.43. The van der Waals surface area contributed by atoms with E-state index in [2.05, 4.69) is 5.32 Å². The summed E-state index contributed by atoms with van der Waals surface area (Å²) >= 11 is 0. The fraction of sp³-hybridized carbons (Fsp3) is 0.160. The summed E-state index contributed by atoms with van der Waals surface area (Å²) < 4.78 is 49.7. The minimum Gasteiger partial charge on any atom is -0.493 e. The van der Waals surface area contributed by atoms with Crippen molar-refractivity contribution < 1.29 is 27.4 Å². The zero-order valence-corrected chi connectivity index (χ0v) is 17.6. The number of carbonyl (C=O) groups excluding carboxylic acids is 1.